The zero-order chi connectivity index (χ0) is 17.5. The molecule has 0 saturated carbocycles. The number of thiocarbonyl (C=S) groups is 1. The molecule has 1 aromatic carbocycles. The van der Waals surface area contributed by atoms with Crippen molar-refractivity contribution in [1.82, 2.24) is 15.2 Å². The van der Waals surface area contributed by atoms with Crippen molar-refractivity contribution < 1.29 is 9.13 Å². The molecule has 1 fully saturated rings. The van der Waals surface area contributed by atoms with E-state index in [4.69, 9.17) is 17.0 Å². The zero-order valence-electron chi connectivity index (χ0n) is 13.8. The molecule has 5 nitrogen and oxygen atoms in total. The highest BCUT2D eigenvalue weighted by atomic mass is 32.1. The average Bonchev–Trinajstić information content (AvgIpc) is 2.64. The molecule has 3 rings (SSSR count). The largest absolute Gasteiger partial charge is 0.379 e. The van der Waals surface area contributed by atoms with E-state index in [9.17, 15) is 4.39 Å². The fourth-order valence-corrected chi connectivity index (χ4v) is 3.05. The van der Waals surface area contributed by atoms with E-state index in [2.05, 4.69) is 26.6 Å². The van der Waals surface area contributed by atoms with E-state index < -0.39 is 0 Å². The van der Waals surface area contributed by atoms with E-state index in [-0.39, 0.29) is 11.9 Å². The predicted octanol–water partition coefficient (Wildman–Crippen LogP) is 2.58. The molecule has 1 saturated heterocycles. The SMILES string of the molecule is Fc1cccc(NC(=S)NC[C@H](c2cccnc2)N2CCOCC2)c1. The number of halogens is 1. The van der Waals surface area contributed by atoms with E-state index in [1.165, 1.54) is 12.1 Å². The highest BCUT2D eigenvalue weighted by Crippen LogP contribution is 2.20. The Labute approximate surface area is 152 Å². The molecule has 7 heteroatoms. The van der Waals surface area contributed by atoms with Crippen LogP contribution in [-0.2, 0) is 4.74 Å². The van der Waals surface area contributed by atoms with Gasteiger partial charge >= 0.3 is 0 Å². The number of pyridine rings is 1. The highest BCUT2D eigenvalue weighted by Gasteiger charge is 2.22. The summed E-state index contributed by atoms with van der Waals surface area (Å²) >= 11 is 5.35. The van der Waals surface area contributed by atoms with Crippen LogP contribution in [0.25, 0.3) is 0 Å². The lowest BCUT2D eigenvalue weighted by Crippen LogP contribution is -2.44. The Morgan fingerprint density at radius 3 is 2.84 bits per heavy atom. The fourth-order valence-electron chi connectivity index (χ4n) is 2.85. The smallest absolute Gasteiger partial charge is 0.170 e. The first-order valence-corrected chi connectivity index (χ1v) is 8.65. The molecule has 1 atom stereocenters. The van der Waals surface area contributed by atoms with Crippen LogP contribution in [0, 0.1) is 5.82 Å². The third-order valence-corrected chi connectivity index (χ3v) is 4.34. The number of hydrogen-bond acceptors (Lipinski definition) is 4. The summed E-state index contributed by atoms with van der Waals surface area (Å²) in [6.07, 6.45) is 3.65. The van der Waals surface area contributed by atoms with Crippen LogP contribution in [0.5, 0.6) is 0 Å². The number of aromatic nitrogens is 1. The van der Waals surface area contributed by atoms with Crippen molar-refractivity contribution in [2.45, 2.75) is 6.04 Å². The molecule has 0 aliphatic carbocycles. The van der Waals surface area contributed by atoms with E-state index in [0.29, 0.717) is 17.3 Å². The summed E-state index contributed by atoms with van der Waals surface area (Å²) in [5.74, 6) is -0.297. The predicted molar refractivity (Wildman–Crippen MR) is 100.0 cm³/mol. The van der Waals surface area contributed by atoms with Crippen molar-refractivity contribution in [3.8, 4) is 0 Å². The standard InChI is InChI=1S/C18H21FN4OS/c19-15-4-1-5-16(11-15)22-18(25)21-13-17(14-3-2-6-20-12-14)23-7-9-24-10-8-23/h1-6,11-12,17H,7-10,13H2,(H2,21,22,25)/t17-/m1/s1. The monoisotopic (exact) mass is 360 g/mol. The number of ether oxygens (including phenoxy) is 1. The number of nitrogens with one attached hydrogen (secondary N) is 2. The van der Waals surface area contributed by atoms with Crippen molar-refractivity contribution >= 4 is 23.0 Å². The molecule has 2 aromatic rings. The van der Waals surface area contributed by atoms with Crippen LogP contribution in [0.15, 0.2) is 48.8 Å². The maximum atomic E-state index is 13.3. The third kappa shape index (κ3) is 5.19. The molecule has 25 heavy (non-hydrogen) atoms. The van der Waals surface area contributed by atoms with Gasteiger partial charge in [-0.25, -0.2) is 4.39 Å². The van der Waals surface area contributed by atoms with Crippen molar-refractivity contribution in [1.29, 1.82) is 0 Å². The Morgan fingerprint density at radius 2 is 2.12 bits per heavy atom. The topological polar surface area (TPSA) is 49.4 Å². The molecule has 2 N–H and O–H groups in total. The van der Waals surface area contributed by atoms with Crippen LogP contribution >= 0.6 is 12.2 Å². The molecule has 1 aromatic heterocycles. The minimum Gasteiger partial charge on any atom is -0.379 e. The van der Waals surface area contributed by atoms with Gasteiger partial charge in [-0.2, -0.15) is 0 Å². The first-order chi connectivity index (χ1) is 12.2. The summed E-state index contributed by atoms with van der Waals surface area (Å²) in [5, 5.41) is 6.71. The number of morpholine rings is 1. The molecule has 0 bridgehead atoms. The number of anilines is 1. The second kappa shape index (κ2) is 8.84. The molecule has 0 radical (unpaired) electrons. The summed E-state index contributed by atoms with van der Waals surface area (Å²) in [4.78, 5) is 6.59. The van der Waals surface area contributed by atoms with E-state index in [0.717, 1.165) is 31.9 Å². The molecule has 2 heterocycles. The summed E-state index contributed by atoms with van der Waals surface area (Å²) in [7, 11) is 0. The Hall–Kier alpha value is -2.09. The van der Waals surface area contributed by atoms with Gasteiger partial charge in [-0.1, -0.05) is 12.1 Å². The normalized spacial score (nSPS) is 16.2. The zero-order valence-corrected chi connectivity index (χ0v) is 14.6. The van der Waals surface area contributed by atoms with Crippen LogP contribution in [-0.4, -0.2) is 47.8 Å². The Morgan fingerprint density at radius 1 is 1.28 bits per heavy atom. The summed E-state index contributed by atoms with van der Waals surface area (Å²) in [5.41, 5.74) is 1.76. The summed E-state index contributed by atoms with van der Waals surface area (Å²) < 4.78 is 18.7. The van der Waals surface area contributed by atoms with Crippen LogP contribution in [0.1, 0.15) is 11.6 Å². The van der Waals surface area contributed by atoms with Gasteiger partial charge in [0.05, 0.1) is 19.3 Å². The number of hydrogen-bond donors (Lipinski definition) is 2. The van der Waals surface area contributed by atoms with E-state index in [1.807, 2.05) is 12.3 Å². The van der Waals surface area contributed by atoms with Gasteiger partial charge in [0, 0.05) is 37.7 Å². The fraction of sp³-hybridized carbons (Fsp3) is 0.333. The number of rotatable bonds is 5. The second-order valence-corrected chi connectivity index (χ2v) is 6.20. The quantitative estimate of drug-likeness (QED) is 0.800. The maximum Gasteiger partial charge on any atom is 0.170 e. The minimum absolute atomic E-state index is 0.143. The molecule has 132 valence electrons. The van der Waals surface area contributed by atoms with Gasteiger partial charge in [-0.3, -0.25) is 9.88 Å². The number of benzene rings is 1. The lowest BCUT2D eigenvalue weighted by Gasteiger charge is -2.35. The highest BCUT2D eigenvalue weighted by molar-refractivity contribution is 7.80. The lowest BCUT2D eigenvalue weighted by atomic mass is 10.1. The number of nitrogens with zero attached hydrogens (tertiary/aromatic N) is 2. The van der Waals surface area contributed by atoms with Crippen LogP contribution in [0.4, 0.5) is 10.1 Å². The minimum atomic E-state index is -0.297. The first kappa shape index (κ1) is 17.7. The molecular formula is C18H21FN4OS. The molecule has 0 spiro atoms. The van der Waals surface area contributed by atoms with Gasteiger partial charge in [-0.15, -0.1) is 0 Å². The third-order valence-electron chi connectivity index (χ3n) is 4.09. The van der Waals surface area contributed by atoms with Gasteiger partial charge in [0.15, 0.2) is 5.11 Å². The van der Waals surface area contributed by atoms with Crippen molar-refractivity contribution in [3.63, 3.8) is 0 Å². The van der Waals surface area contributed by atoms with Gasteiger partial charge in [0.25, 0.3) is 0 Å². The van der Waals surface area contributed by atoms with Crippen molar-refractivity contribution in [2.75, 3.05) is 38.2 Å². The molecular weight excluding hydrogens is 339 g/mol. The summed E-state index contributed by atoms with van der Waals surface area (Å²) in [6, 6.07) is 10.4. The lowest BCUT2D eigenvalue weighted by molar-refractivity contribution is 0.0170. The van der Waals surface area contributed by atoms with Gasteiger partial charge in [0.2, 0.25) is 0 Å². The van der Waals surface area contributed by atoms with Gasteiger partial charge in [-0.05, 0) is 42.0 Å². The summed E-state index contributed by atoms with van der Waals surface area (Å²) in [6.45, 7) is 3.81. The Kier molecular flexibility index (Phi) is 6.27. The molecule has 1 aliphatic rings. The molecule has 1 aliphatic heterocycles. The Balaban J connectivity index is 1.62. The second-order valence-electron chi connectivity index (χ2n) is 5.80. The van der Waals surface area contributed by atoms with Crippen LogP contribution in [0.3, 0.4) is 0 Å². The van der Waals surface area contributed by atoms with Gasteiger partial charge in [0.1, 0.15) is 5.82 Å². The van der Waals surface area contributed by atoms with Crippen molar-refractivity contribution in [2.24, 2.45) is 0 Å². The Bertz CT molecular complexity index is 694. The molecule has 0 amide bonds. The molecule has 0 unspecified atom stereocenters. The van der Waals surface area contributed by atoms with Crippen molar-refractivity contribution in [3.05, 3.63) is 60.2 Å². The average molecular weight is 360 g/mol. The van der Waals surface area contributed by atoms with E-state index in [1.54, 1.807) is 18.3 Å². The van der Waals surface area contributed by atoms with Gasteiger partial charge < -0.3 is 15.4 Å². The van der Waals surface area contributed by atoms with Crippen LogP contribution < -0.4 is 10.6 Å². The maximum absolute atomic E-state index is 13.3. The van der Waals surface area contributed by atoms with E-state index >= 15 is 0 Å². The first-order valence-electron chi connectivity index (χ1n) is 8.24. The van der Waals surface area contributed by atoms with Crippen LogP contribution in [0.2, 0.25) is 0 Å².